The smallest absolute Gasteiger partial charge is 0.246 e. The van der Waals surface area contributed by atoms with E-state index in [1.54, 1.807) is 20.3 Å². The Balaban J connectivity index is 1.58. The Hall–Kier alpha value is -3.15. The maximum absolute atomic E-state index is 12.6. The first kappa shape index (κ1) is 20.6. The van der Waals surface area contributed by atoms with E-state index in [9.17, 15) is 4.79 Å². The van der Waals surface area contributed by atoms with E-state index in [0.29, 0.717) is 31.2 Å². The number of ether oxygens (including phenoxy) is 3. The summed E-state index contributed by atoms with van der Waals surface area (Å²) < 4.78 is 16.2. The number of anilines is 1. The highest BCUT2D eigenvalue weighted by molar-refractivity contribution is 5.92. The predicted molar refractivity (Wildman–Crippen MR) is 115 cm³/mol. The van der Waals surface area contributed by atoms with Crippen LogP contribution in [0.1, 0.15) is 12.5 Å². The molecule has 6 heteroatoms. The van der Waals surface area contributed by atoms with Gasteiger partial charge in [-0.3, -0.25) is 4.79 Å². The van der Waals surface area contributed by atoms with Crippen molar-refractivity contribution in [1.82, 2.24) is 4.90 Å². The van der Waals surface area contributed by atoms with Gasteiger partial charge in [-0.05, 0) is 42.8 Å². The van der Waals surface area contributed by atoms with Crippen molar-refractivity contribution in [3.8, 4) is 17.2 Å². The van der Waals surface area contributed by atoms with Gasteiger partial charge in [-0.15, -0.1) is 0 Å². The molecule has 29 heavy (non-hydrogen) atoms. The van der Waals surface area contributed by atoms with Crippen LogP contribution in [-0.2, 0) is 4.79 Å². The molecule has 0 saturated carbocycles. The Kier molecular flexibility index (Phi) is 7.00. The maximum atomic E-state index is 12.6. The number of benzene rings is 2. The van der Waals surface area contributed by atoms with Crippen molar-refractivity contribution in [3.05, 3.63) is 54.1 Å². The van der Waals surface area contributed by atoms with Crippen molar-refractivity contribution in [2.45, 2.75) is 6.92 Å². The van der Waals surface area contributed by atoms with E-state index in [2.05, 4.69) is 11.0 Å². The molecule has 2 aromatic carbocycles. The Morgan fingerprint density at radius 3 is 2.48 bits per heavy atom. The van der Waals surface area contributed by atoms with Gasteiger partial charge in [-0.25, -0.2) is 0 Å². The van der Waals surface area contributed by atoms with E-state index < -0.39 is 0 Å². The van der Waals surface area contributed by atoms with Gasteiger partial charge >= 0.3 is 0 Å². The third kappa shape index (κ3) is 5.22. The molecular weight excluding hydrogens is 368 g/mol. The number of carbonyl (C=O) groups is 1. The molecule has 0 atom stereocenters. The third-order valence-electron chi connectivity index (χ3n) is 4.92. The van der Waals surface area contributed by atoms with E-state index in [1.807, 2.05) is 54.3 Å². The lowest BCUT2D eigenvalue weighted by atomic mass is 10.1. The van der Waals surface area contributed by atoms with Crippen molar-refractivity contribution in [3.63, 3.8) is 0 Å². The molecular formula is C23H28N2O4. The van der Waals surface area contributed by atoms with Gasteiger partial charge in [-0.1, -0.05) is 12.1 Å². The summed E-state index contributed by atoms with van der Waals surface area (Å²) in [5.74, 6) is 2.22. The van der Waals surface area contributed by atoms with Gasteiger partial charge in [0.2, 0.25) is 5.91 Å². The summed E-state index contributed by atoms with van der Waals surface area (Å²) in [7, 11) is 3.28. The number of rotatable bonds is 7. The van der Waals surface area contributed by atoms with Crippen LogP contribution in [0.4, 0.5) is 5.69 Å². The summed E-state index contributed by atoms with van der Waals surface area (Å²) in [6.07, 6.45) is 3.44. The molecule has 0 unspecified atom stereocenters. The quantitative estimate of drug-likeness (QED) is 0.671. The lowest BCUT2D eigenvalue weighted by Gasteiger charge is -2.35. The van der Waals surface area contributed by atoms with Crippen molar-refractivity contribution in [2.75, 3.05) is 51.9 Å². The van der Waals surface area contributed by atoms with Crippen LogP contribution in [0.3, 0.4) is 0 Å². The zero-order valence-corrected chi connectivity index (χ0v) is 17.3. The molecule has 0 radical (unpaired) electrons. The molecule has 1 aliphatic rings. The second-order valence-corrected chi connectivity index (χ2v) is 6.69. The van der Waals surface area contributed by atoms with E-state index >= 15 is 0 Å². The van der Waals surface area contributed by atoms with Gasteiger partial charge in [0.1, 0.15) is 5.75 Å². The van der Waals surface area contributed by atoms with Gasteiger partial charge in [0.05, 0.1) is 20.8 Å². The number of methoxy groups -OCH3 is 2. The number of amides is 1. The fraction of sp³-hybridized carbons (Fsp3) is 0.348. The molecule has 1 aliphatic heterocycles. The maximum Gasteiger partial charge on any atom is 0.246 e. The minimum atomic E-state index is 0.0168. The highest BCUT2D eigenvalue weighted by atomic mass is 16.5. The minimum absolute atomic E-state index is 0.0168. The second-order valence-electron chi connectivity index (χ2n) is 6.69. The largest absolute Gasteiger partial charge is 0.497 e. The fourth-order valence-corrected chi connectivity index (χ4v) is 3.33. The number of hydrogen-bond acceptors (Lipinski definition) is 5. The van der Waals surface area contributed by atoms with Crippen molar-refractivity contribution in [1.29, 1.82) is 0 Å². The second kappa shape index (κ2) is 9.87. The molecule has 6 nitrogen and oxygen atoms in total. The van der Waals surface area contributed by atoms with E-state index in [1.165, 1.54) is 0 Å². The van der Waals surface area contributed by atoms with Crippen molar-refractivity contribution < 1.29 is 19.0 Å². The highest BCUT2D eigenvalue weighted by Crippen LogP contribution is 2.28. The Morgan fingerprint density at radius 1 is 1.00 bits per heavy atom. The number of carbonyl (C=O) groups excluding carboxylic acids is 1. The lowest BCUT2D eigenvalue weighted by molar-refractivity contribution is -0.126. The normalized spacial score (nSPS) is 14.2. The topological polar surface area (TPSA) is 51.2 Å². The monoisotopic (exact) mass is 396 g/mol. The average Bonchev–Trinajstić information content (AvgIpc) is 2.78. The molecule has 3 rings (SSSR count). The molecule has 1 saturated heterocycles. The fourth-order valence-electron chi connectivity index (χ4n) is 3.33. The third-order valence-corrected chi connectivity index (χ3v) is 4.92. The van der Waals surface area contributed by atoms with E-state index in [4.69, 9.17) is 14.2 Å². The summed E-state index contributed by atoms with van der Waals surface area (Å²) in [4.78, 5) is 16.7. The Labute approximate surface area is 172 Å². The molecule has 0 spiro atoms. The van der Waals surface area contributed by atoms with Gasteiger partial charge in [-0.2, -0.15) is 0 Å². The average molecular weight is 396 g/mol. The van der Waals surface area contributed by atoms with Crippen LogP contribution >= 0.6 is 0 Å². The lowest BCUT2D eigenvalue weighted by Crippen LogP contribution is -2.48. The van der Waals surface area contributed by atoms with Gasteiger partial charge in [0.25, 0.3) is 0 Å². The number of hydrogen-bond donors (Lipinski definition) is 0. The van der Waals surface area contributed by atoms with E-state index in [0.717, 1.165) is 30.1 Å². The SMILES string of the molecule is CCOc1ccc(C=CC(=O)N2CCN(c3cccc(OC)c3)CC2)cc1OC. The highest BCUT2D eigenvalue weighted by Gasteiger charge is 2.20. The molecule has 0 aromatic heterocycles. The number of nitrogens with zero attached hydrogens (tertiary/aromatic N) is 2. The first-order valence-electron chi connectivity index (χ1n) is 9.81. The molecule has 1 fully saturated rings. The van der Waals surface area contributed by atoms with Crippen LogP contribution in [-0.4, -0.2) is 57.8 Å². The summed E-state index contributed by atoms with van der Waals surface area (Å²) in [5, 5.41) is 0. The van der Waals surface area contributed by atoms with E-state index in [-0.39, 0.29) is 5.91 Å². The van der Waals surface area contributed by atoms with Gasteiger partial charge in [0, 0.05) is 44.0 Å². The zero-order chi connectivity index (χ0) is 20.6. The molecule has 2 aromatic rings. The molecule has 154 valence electrons. The summed E-state index contributed by atoms with van der Waals surface area (Å²) in [6, 6.07) is 13.7. The molecule has 1 heterocycles. The Morgan fingerprint density at radius 2 is 1.79 bits per heavy atom. The van der Waals surface area contributed by atoms with Gasteiger partial charge < -0.3 is 24.0 Å². The zero-order valence-electron chi connectivity index (χ0n) is 17.3. The first-order chi connectivity index (χ1) is 14.1. The first-order valence-corrected chi connectivity index (χ1v) is 9.81. The van der Waals surface area contributed by atoms with Gasteiger partial charge in [0.15, 0.2) is 11.5 Å². The Bertz CT molecular complexity index is 858. The molecule has 1 amide bonds. The summed E-state index contributed by atoms with van der Waals surface area (Å²) in [5.41, 5.74) is 2.02. The van der Waals surface area contributed by atoms with Crippen LogP contribution in [0.5, 0.6) is 17.2 Å². The van der Waals surface area contributed by atoms with Crippen molar-refractivity contribution in [2.24, 2.45) is 0 Å². The van der Waals surface area contributed by atoms with Crippen LogP contribution in [0.15, 0.2) is 48.5 Å². The summed E-state index contributed by atoms with van der Waals surface area (Å²) in [6.45, 7) is 5.47. The van der Waals surface area contributed by atoms with Crippen LogP contribution in [0, 0.1) is 0 Å². The van der Waals surface area contributed by atoms with Crippen LogP contribution < -0.4 is 19.1 Å². The van der Waals surface area contributed by atoms with Crippen LogP contribution in [0.25, 0.3) is 6.08 Å². The molecule has 0 N–H and O–H groups in total. The molecule has 0 aliphatic carbocycles. The minimum Gasteiger partial charge on any atom is -0.497 e. The van der Waals surface area contributed by atoms with Crippen molar-refractivity contribution >= 4 is 17.7 Å². The standard InChI is InChI=1S/C23H28N2O4/c1-4-29-21-10-8-18(16-22(21)28-3)9-11-23(26)25-14-12-24(13-15-25)19-6-5-7-20(17-19)27-2/h5-11,16-17H,4,12-15H2,1-3H3. The molecule has 0 bridgehead atoms. The number of piperazine rings is 1. The van der Waals surface area contributed by atoms with Crippen LogP contribution in [0.2, 0.25) is 0 Å². The summed E-state index contributed by atoms with van der Waals surface area (Å²) >= 11 is 0. The predicted octanol–water partition coefficient (Wildman–Crippen LogP) is 3.46.